The lowest BCUT2D eigenvalue weighted by atomic mass is 9.45. The van der Waals surface area contributed by atoms with Crippen molar-refractivity contribution < 1.29 is 33.4 Å². The number of carbonyl (C=O) groups excluding carboxylic acids is 4. The Hall–Kier alpha value is -2.18. The lowest BCUT2D eigenvalue weighted by molar-refractivity contribution is -0.160. The Morgan fingerprint density at radius 3 is 2.44 bits per heavy atom. The average Bonchev–Trinajstić information content (AvgIpc) is 3.16. The third kappa shape index (κ3) is 4.51. The third-order valence-electron chi connectivity index (χ3n) is 10.4. The number of Topliss-reactive ketones (excluding diaryl/α,β-unsaturated/α-hetero) is 1. The molecular weight excluding hydrogens is 460 g/mol. The average molecular weight is 503 g/mol. The van der Waals surface area contributed by atoms with Gasteiger partial charge in [-0.2, -0.15) is 0 Å². The number of ether oxygens (including phenoxy) is 3. The molecule has 9 atom stereocenters. The standard InChI is InChI=1S/C29H42O7/c1-16(7-10-26(33)34-6)21-8-9-22-27-23(15-25(32)29(21,22)5)28(4)12-11-20(35-17(2)30)13-19(28)14-24(27)36-18(3)31/h14,16,19-23,27H,7-13,15H2,1-6H3/t16-,19?,20-,21?,22?,23?,27?,28?,29?/m1/s1. The van der Waals surface area contributed by atoms with E-state index in [2.05, 4.69) is 26.8 Å². The molecule has 3 fully saturated rings. The summed E-state index contributed by atoms with van der Waals surface area (Å²) in [4.78, 5) is 49.6. The minimum Gasteiger partial charge on any atom is -0.469 e. The maximum absolute atomic E-state index is 14.0. The summed E-state index contributed by atoms with van der Waals surface area (Å²) in [6, 6.07) is 0. The van der Waals surface area contributed by atoms with Crippen molar-refractivity contribution in [3.05, 3.63) is 11.8 Å². The smallest absolute Gasteiger partial charge is 0.307 e. The zero-order valence-corrected chi connectivity index (χ0v) is 22.6. The third-order valence-corrected chi connectivity index (χ3v) is 10.4. The second-order valence-electron chi connectivity index (χ2n) is 12.2. The Morgan fingerprint density at radius 2 is 1.81 bits per heavy atom. The van der Waals surface area contributed by atoms with Gasteiger partial charge in [-0.25, -0.2) is 0 Å². The van der Waals surface area contributed by atoms with E-state index in [1.54, 1.807) is 0 Å². The van der Waals surface area contributed by atoms with Crippen molar-refractivity contribution >= 4 is 23.7 Å². The number of ketones is 1. The maximum Gasteiger partial charge on any atom is 0.307 e. The molecule has 0 saturated heterocycles. The fourth-order valence-corrected chi connectivity index (χ4v) is 8.56. The highest BCUT2D eigenvalue weighted by molar-refractivity contribution is 5.87. The monoisotopic (exact) mass is 502 g/mol. The van der Waals surface area contributed by atoms with Gasteiger partial charge in [0.1, 0.15) is 17.6 Å². The summed E-state index contributed by atoms with van der Waals surface area (Å²) in [6.07, 6.45) is 7.70. The second-order valence-corrected chi connectivity index (χ2v) is 12.2. The van der Waals surface area contributed by atoms with E-state index in [1.807, 2.05) is 0 Å². The number of hydrogen-bond acceptors (Lipinski definition) is 7. The lowest BCUT2D eigenvalue weighted by Gasteiger charge is -2.59. The zero-order valence-electron chi connectivity index (χ0n) is 22.6. The van der Waals surface area contributed by atoms with E-state index in [9.17, 15) is 19.2 Å². The Labute approximate surface area is 214 Å². The summed E-state index contributed by atoms with van der Waals surface area (Å²) >= 11 is 0. The molecule has 7 heteroatoms. The first-order valence-corrected chi connectivity index (χ1v) is 13.6. The predicted molar refractivity (Wildman–Crippen MR) is 132 cm³/mol. The van der Waals surface area contributed by atoms with Gasteiger partial charge in [-0.3, -0.25) is 19.2 Å². The van der Waals surface area contributed by atoms with E-state index < -0.39 is 5.41 Å². The molecule has 0 aromatic heterocycles. The zero-order chi connectivity index (χ0) is 26.4. The van der Waals surface area contributed by atoms with E-state index >= 15 is 0 Å². The van der Waals surface area contributed by atoms with E-state index in [1.165, 1.54) is 21.0 Å². The highest BCUT2D eigenvalue weighted by atomic mass is 16.5. The summed E-state index contributed by atoms with van der Waals surface area (Å²) in [5, 5.41) is 0. The van der Waals surface area contributed by atoms with Crippen molar-refractivity contribution in [2.45, 2.75) is 92.1 Å². The fourth-order valence-electron chi connectivity index (χ4n) is 8.56. The molecule has 0 amide bonds. The Balaban J connectivity index is 1.67. The predicted octanol–water partition coefficient (Wildman–Crippen LogP) is 5.01. The van der Waals surface area contributed by atoms with Crippen LogP contribution < -0.4 is 0 Å². The number of allylic oxidation sites excluding steroid dienone is 2. The molecule has 0 aliphatic heterocycles. The van der Waals surface area contributed by atoms with Crippen LogP contribution in [-0.2, 0) is 33.4 Å². The van der Waals surface area contributed by atoms with Gasteiger partial charge in [-0.15, -0.1) is 0 Å². The van der Waals surface area contributed by atoms with Crippen molar-refractivity contribution in [3.8, 4) is 0 Å². The Bertz CT molecular complexity index is 953. The van der Waals surface area contributed by atoms with E-state index in [0.717, 1.165) is 25.7 Å². The minimum atomic E-state index is -0.506. The highest BCUT2D eigenvalue weighted by Crippen LogP contribution is 2.67. The van der Waals surface area contributed by atoms with Gasteiger partial charge in [0.05, 0.1) is 7.11 Å². The van der Waals surface area contributed by atoms with Crippen LogP contribution in [-0.4, -0.2) is 36.9 Å². The van der Waals surface area contributed by atoms with E-state index in [0.29, 0.717) is 37.2 Å². The first-order chi connectivity index (χ1) is 16.9. The first-order valence-electron chi connectivity index (χ1n) is 13.6. The molecule has 7 nitrogen and oxygen atoms in total. The van der Waals surface area contributed by atoms with Gasteiger partial charge >= 0.3 is 17.9 Å². The number of methoxy groups -OCH3 is 1. The van der Waals surface area contributed by atoms with Crippen LogP contribution in [0.2, 0.25) is 0 Å². The summed E-state index contributed by atoms with van der Waals surface area (Å²) in [5.41, 5.74) is -0.620. The molecule has 0 aromatic carbocycles. The summed E-state index contributed by atoms with van der Waals surface area (Å²) in [7, 11) is 1.41. The van der Waals surface area contributed by atoms with Gasteiger partial charge in [0.15, 0.2) is 0 Å². The van der Waals surface area contributed by atoms with Crippen molar-refractivity contribution in [2.24, 2.45) is 46.3 Å². The van der Waals surface area contributed by atoms with Crippen LogP contribution in [0.25, 0.3) is 0 Å². The molecule has 4 aliphatic rings. The molecule has 0 aromatic rings. The molecule has 3 saturated carbocycles. The molecule has 0 spiro atoms. The van der Waals surface area contributed by atoms with Crippen molar-refractivity contribution in [2.75, 3.05) is 7.11 Å². The van der Waals surface area contributed by atoms with Gasteiger partial charge in [0.25, 0.3) is 0 Å². The molecule has 7 unspecified atom stereocenters. The Morgan fingerprint density at radius 1 is 1.08 bits per heavy atom. The molecule has 0 radical (unpaired) electrons. The molecule has 200 valence electrons. The van der Waals surface area contributed by atoms with Crippen LogP contribution in [0.5, 0.6) is 0 Å². The van der Waals surface area contributed by atoms with Crippen LogP contribution in [0.4, 0.5) is 0 Å². The molecule has 4 rings (SSSR count). The van der Waals surface area contributed by atoms with Crippen LogP contribution in [0.3, 0.4) is 0 Å². The largest absolute Gasteiger partial charge is 0.469 e. The maximum atomic E-state index is 14.0. The van der Waals surface area contributed by atoms with Crippen LogP contribution in [0, 0.1) is 46.3 Å². The van der Waals surface area contributed by atoms with Gasteiger partial charge in [-0.1, -0.05) is 20.8 Å². The molecular formula is C29H42O7. The lowest BCUT2D eigenvalue weighted by Crippen LogP contribution is -2.57. The van der Waals surface area contributed by atoms with E-state index in [-0.39, 0.29) is 64.9 Å². The van der Waals surface area contributed by atoms with Crippen molar-refractivity contribution in [1.82, 2.24) is 0 Å². The molecule has 0 N–H and O–H groups in total. The molecule has 0 bridgehead atoms. The van der Waals surface area contributed by atoms with Gasteiger partial charge in [0.2, 0.25) is 0 Å². The number of esters is 3. The topological polar surface area (TPSA) is 96.0 Å². The molecule has 4 aliphatic carbocycles. The first kappa shape index (κ1) is 26.9. The molecule has 0 heterocycles. The van der Waals surface area contributed by atoms with Crippen LogP contribution in [0.15, 0.2) is 11.8 Å². The van der Waals surface area contributed by atoms with Crippen LogP contribution in [0.1, 0.15) is 86.0 Å². The summed E-state index contributed by atoms with van der Waals surface area (Å²) < 4.78 is 16.3. The number of carbonyl (C=O) groups is 4. The number of fused-ring (bicyclic) bond motifs is 5. The van der Waals surface area contributed by atoms with Gasteiger partial charge < -0.3 is 14.2 Å². The van der Waals surface area contributed by atoms with Crippen LogP contribution >= 0.6 is 0 Å². The number of rotatable bonds is 6. The quantitative estimate of drug-likeness (QED) is 0.372. The number of hydrogen-bond donors (Lipinski definition) is 0. The summed E-state index contributed by atoms with van der Waals surface area (Å²) in [6.45, 7) is 9.43. The Kier molecular flexibility index (Phi) is 7.42. The van der Waals surface area contributed by atoms with E-state index in [4.69, 9.17) is 14.2 Å². The fraction of sp³-hybridized carbons (Fsp3) is 0.793. The SMILES string of the molecule is COC(=O)CC[C@@H](C)C1CCC2C3C(OC(C)=O)=CC4C[C@H](OC(C)=O)CCC4(C)C3CC(=O)C21C. The van der Waals surface area contributed by atoms with Crippen molar-refractivity contribution in [3.63, 3.8) is 0 Å². The minimum absolute atomic E-state index is 0.0148. The van der Waals surface area contributed by atoms with Gasteiger partial charge in [0, 0.05) is 38.0 Å². The normalized spacial score (nSPS) is 40.2. The summed E-state index contributed by atoms with van der Waals surface area (Å²) in [5.74, 6) is 0.888. The second kappa shape index (κ2) is 9.94. The van der Waals surface area contributed by atoms with Gasteiger partial charge in [-0.05, 0) is 79.6 Å². The highest BCUT2D eigenvalue weighted by Gasteiger charge is 2.65. The van der Waals surface area contributed by atoms with Crippen molar-refractivity contribution in [1.29, 1.82) is 0 Å². The molecule has 36 heavy (non-hydrogen) atoms.